The predicted molar refractivity (Wildman–Crippen MR) is 61.0 cm³/mol. The highest BCUT2D eigenvalue weighted by Crippen LogP contribution is 2.16. The zero-order valence-electron chi connectivity index (χ0n) is 7.26. The maximum atomic E-state index is 5.95. The first kappa shape index (κ1) is 9.99. The third-order valence-corrected chi connectivity index (χ3v) is 2.62. The standard InChI is InChI=1S/C10H14IN/c1-2-3-10(12)8-4-6-9(11)7-5-8/h4-7,10H,2-3,12H2,1H3. The van der Waals surface area contributed by atoms with Gasteiger partial charge >= 0.3 is 0 Å². The Morgan fingerprint density at radius 3 is 2.42 bits per heavy atom. The van der Waals surface area contributed by atoms with E-state index in [-0.39, 0.29) is 6.04 Å². The van der Waals surface area contributed by atoms with Gasteiger partial charge in [0, 0.05) is 9.61 Å². The quantitative estimate of drug-likeness (QED) is 0.843. The second-order valence-corrected chi connectivity index (χ2v) is 4.19. The average Bonchev–Trinajstić information content (AvgIpc) is 2.06. The summed E-state index contributed by atoms with van der Waals surface area (Å²) in [4.78, 5) is 0. The maximum Gasteiger partial charge on any atom is 0.0294 e. The molecule has 1 aromatic carbocycles. The van der Waals surface area contributed by atoms with Gasteiger partial charge in [-0.3, -0.25) is 0 Å². The summed E-state index contributed by atoms with van der Waals surface area (Å²) in [7, 11) is 0. The molecule has 2 heteroatoms. The van der Waals surface area contributed by atoms with Crippen LogP contribution in [0, 0.1) is 3.57 Å². The number of halogens is 1. The summed E-state index contributed by atoms with van der Waals surface area (Å²) in [5, 5.41) is 0. The van der Waals surface area contributed by atoms with E-state index in [1.54, 1.807) is 0 Å². The fraction of sp³-hybridized carbons (Fsp3) is 0.400. The van der Waals surface area contributed by atoms with Gasteiger partial charge in [0.2, 0.25) is 0 Å². The Bertz CT molecular complexity index is 230. The molecule has 0 aliphatic carbocycles. The van der Waals surface area contributed by atoms with Gasteiger partial charge in [0.05, 0.1) is 0 Å². The molecule has 66 valence electrons. The van der Waals surface area contributed by atoms with Gasteiger partial charge in [-0.25, -0.2) is 0 Å². The van der Waals surface area contributed by atoms with Gasteiger partial charge in [-0.15, -0.1) is 0 Å². The first-order valence-corrected chi connectivity index (χ1v) is 5.33. The molecule has 0 radical (unpaired) electrons. The van der Waals surface area contributed by atoms with Crippen molar-refractivity contribution >= 4 is 22.6 Å². The molecular weight excluding hydrogens is 261 g/mol. The molecular formula is C10H14IN. The zero-order valence-corrected chi connectivity index (χ0v) is 9.41. The summed E-state index contributed by atoms with van der Waals surface area (Å²) < 4.78 is 1.26. The van der Waals surface area contributed by atoms with Gasteiger partial charge in [0.1, 0.15) is 0 Å². The molecule has 1 atom stereocenters. The lowest BCUT2D eigenvalue weighted by Gasteiger charge is -2.09. The van der Waals surface area contributed by atoms with Crippen LogP contribution in [-0.2, 0) is 0 Å². The Labute approximate surface area is 87.5 Å². The Kier molecular flexibility index (Phi) is 4.01. The molecule has 2 N–H and O–H groups in total. The number of benzene rings is 1. The molecule has 12 heavy (non-hydrogen) atoms. The van der Waals surface area contributed by atoms with Crippen LogP contribution in [0.1, 0.15) is 31.4 Å². The highest BCUT2D eigenvalue weighted by molar-refractivity contribution is 14.1. The molecule has 0 fully saturated rings. The highest BCUT2D eigenvalue weighted by Gasteiger charge is 2.02. The van der Waals surface area contributed by atoms with Gasteiger partial charge < -0.3 is 5.73 Å². The van der Waals surface area contributed by atoms with E-state index in [1.165, 1.54) is 9.13 Å². The minimum atomic E-state index is 0.215. The topological polar surface area (TPSA) is 26.0 Å². The molecule has 0 amide bonds. The van der Waals surface area contributed by atoms with Crippen LogP contribution < -0.4 is 5.73 Å². The summed E-state index contributed by atoms with van der Waals surface area (Å²) in [6.07, 6.45) is 2.22. The van der Waals surface area contributed by atoms with Crippen molar-refractivity contribution in [2.24, 2.45) is 5.73 Å². The van der Waals surface area contributed by atoms with Crippen LogP contribution in [0.2, 0.25) is 0 Å². The van der Waals surface area contributed by atoms with Crippen LogP contribution in [-0.4, -0.2) is 0 Å². The summed E-state index contributed by atoms with van der Waals surface area (Å²) in [5.41, 5.74) is 7.20. The third-order valence-electron chi connectivity index (χ3n) is 1.90. The first-order chi connectivity index (χ1) is 5.74. The van der Waals surface area contributed by atoms with Crippen LogP contribution in [0.4, 0.5) is 0 Å². The Hall–Kier alpha value is -0.0900. The van der Waals surface area contributed by atoms with Crippen LogP contribution >= 0.6 is 22.6 Å². The minimum Gasteiger partial charge on any atom is -0.324 e. The van der Waals surface area contributed by atoms with Gasteiger partial charge in [0.25, 0.3) is 0 Å². The second kappa shape index (κ2) is 4.82. The fourth-order valence-corrected chi connectivity index (χ4v) is 1.55. The van der Waals surface area contributed by atoms with Gasteiger partial charge in [-0.1, -0.05) is 25.5 Å². The summed E-state index contributed by atoms with van der Waals surface area (Å²) in [6.45, 7) is 2.16. The van der Waals surface area contributed by atoms with Gasteiger partial charge in [-0.2, -0.15) is 0 Å². The molecule has 0 spiro atoms. The second-order valence-electron chi connectivity index (χ2n) is 2.95. The van der Waals surface area contributed by atoms with Crippen LogP contribution in [0.3, 0.4) is 0 Å². The smallest absolute Gasteiger partial charge is 0.0294 e. The Balaban J connectivity index is 2.68. The summed E-state index contributed by atoms with van der Waals surface area (Å²) in [6, 6.07) is 8.65. The SMILES string of the molecule is CCCC(N)c1ccc(I)cc1. The van der Waals surface area contributed by atoms with Crippen molar-refractivity contribution in [1.29, 1.82) is 0 Å². The third kappa shape index (κ3) is 2.75. The normalized spacial score (nSPS) is 12.9. The van der Waals surface area contributed by atoms with Crippen molar-refractivity contribution in [3.63, 3.8) is 0 Å². The molecule has 1 unspecified atom stereocenters. The summed E-state index contributed by atoms with van der Waals surface area (Å²) >= 11 is 2.30. The fourth-order valence-electron chi connectivity index (χ4n) is 1.19. The van der Waals surface area contributed by atoms with E-state index in [1.807, 2.05) is 0 Å². The minimum absolute atomic E-state index is 0.215. The monoisotopic (exact) mass is 275 g/mol. The number of nitrogens with two attached hydrogens (primary N) is 1. The van der Waals surface area contributed by atoms with E-state index >= 15 is 0 Å². The van der Waals surface area contributed by atoms with E-state index < -0.39 is 0 Å². The number of rotatable bonds is 3. The van der Waals surface area contributed by atoms with E-state index in [2.05, 4.69) is 53.8 Å². The van der Waals surface area contributed by atoms with Crippen LogP contribution in [0.15, 0.2) is 24.3 Å². The lowest BCUT2D eigenvalue weighted by molar-refractivity contribution is 0.638. The Morgan fingerprint density at radius 1 is 1.33 bits per heavy atom. The van der Waals surface area contributed by atoms with Crippen molar-refractivity contribution in [2.45, 2.75) is 25.8 Å². The molecule has 0 saturated carbocycles. The van der Waals surface area contributed by atoms with Crippen molar-refractivity contribution in [3.8, 4) is 0 Å². The molecule has 0 aromatic heterocycles. The van der Waals surface area contributed by atoms with E-state index in [0.29, 0.717) is 0 Å². The van der Waals surface area contributed by atoms with Crippen molar-refractivity contribution in [3.05, 3.63) is 33.4 Å². The van der Waals surface area contributed by atoms with Crippen LogP contribution in [0.5, 0.6) is 0 Å². The molecule has 0 heterocycles. The average molecular weight is 275 g/mol. The Morgan fingerprint density at radius 2 is 1.92 bits per heavy atom. The van der Waals surface area contributed by atoms with Crippen molar-refractivity contribution in [1.82, 2.24) is 0 Å². The lowest BCUT2D eigenvalue weighted by atomic mass is 10.0. The van der Waals surface area contributed by atoms with Gasteiger partial charge in [0.15, 0.2) is 0 Å². The molecule has 0 saturated heterocycles. The van der Waals surface area contributed by atoms with Crippen molar-refractivity contribution < 1.29 is 0 Å². The maximum absolute atomic E-state index is 5.95. The van der Waals surface area contributed by atoms with E-state index in [9.17, 15) is 0 Å². The largest absolute Gasteiger partial charge is 0.324 e. The van der Waals surface area contributed by atoms with E-state index in [0.717, 1.165) is 12.8 Å². The van der Waals surface area contributed by atoms with E-state index in [4.69, 9.17) is 5.73 Å². The predicted octanol–water partition coefficient (Wildman–Crippen LogP) is 3.09. The molecule has 1 rings (SSSR count). The molecule has 0 aliphatic rings. The highest BCUT2D eigenvalue weighted by atomic mass is 127. The molecule has 0 aliphatic heterocycles. The molecule has 1 aromatic rings. The van der Waals surface area contributed by atoms with Gasteiger partial charge in [-0.05, 0) is 46.7 Å². The number of hydrogen-bond acceptors (Lipinski definition) is 1. The molecule has 1 nitrogen and oxygen atoms in total. The first-order valence-electron chi connectivity index (χ1n) is 4.25. The van der Waals surface area contributed by atoms with Crippen LogP contribution in [0.25, 0.3) is 0 Å². The molecule has 0 bridgehead atoms. The lowest BCUT2D eigenvalue weighted by Crippen LogP contribution is -2.09. The summed E-state index contributed by atoms with van der Waals surface area (Å²) in [5.74, 6) is 0. The number of hydrogen-bond donors (Lipinski definition) is 1. The van der Waals surface area contributed by atoms with Crippen molar-refractivity contribution in [2.75, 3.05) is 0 Å². The zero-order chi connectivity index (χ0) is 8.97.